The lowest BCUT2D eigenvalue weighted by Gasteiger charge is -2.10. The second-order valence-corrected chi connectivity index (χ2v) is 6.15. The molecule has 0 saturated heterocycles. The molecule has 108 valence electrons. The first-order valence-corrected chi connectivity index (χ1v) is 7.64. The monoisotopic (exact) mass is 295 g/mol. The average Bonchev–Trinajstić information content (AvgIpc) is 2.76. The van der Waals surface area contributed by atoms with Crippen molar-refractivity contribution in [3.63, 3.8) is 0 Å². The molecule has 0 radical (unpaired) electrons. The van der Waals surface area contributed by atoms with Crippen LogP contribution in [0.5, 0.6) is 5.75 Å². The fourth-order valence-corrected chi connectivity index (χ4v) is 2.59. The lowest BCUT2D eigenvalue weighted by Crippen LogP contribution is -2.14. The number of aromatic nitrogens is 2. The minimum Gasteiger partial charge on any atom is -0.492 e. The van der Waals surface area contributed by atoms with Crippen molar-refractivity contribution < 1.29 is 13.2 Å². The van der Waals surface area contributed by atoms with Gasteiger partial charge in [-0.2, -0.15) is 5.10 Å². The van der Waals surface area contributed by atoms with Crippen LogP contribution in [-0.2, 0) is 23.5 Å². The number of ether oxygens (including phenoxy) is 1. The molecule has 0 fully saturated rings. The third-order valence-corrected chi connectivity index (χ3v) is 3.74. The number of benzene rings is 1. The molecule has 2 N–H and O–H groups in total. The molecule has 0 spiro atoms. The summed E-state index contributed by atoms with van der Waals surface area (Å²) in [4.78, 5) is 0.0173. The van der Waals surface area contributed by atoms with Crippen LogP contribution in [0, 0.1) is 6.92 Å². The number of hydrogen-bond acceptors (Lipinski definition) is 4. The van der Waals surface area contributed by atoms with E-state index in [-0.39, 0.29) is 10.6 Å². The first-order chi connectivity index (χ1) is 9.36. The molecule has 0 atom stereocenters. The van der Waals surface area contributed by atoms with Crippen LogP contribution in [0.3, 0.4) is 0 Å². The van der Waals surface area contributed by atoms with E-state index < -0.39 is 10.0 Å². The van der Waals surface area contributed by atoms with Crippen molar-refractivity contribution in [2.24, 2.45) is 12.2 Å². The van der Waals surface area contributed by atoms with Crippen LogP contribution in [0.15, 0.2) is 35.5 Å². The SMILES string of the molecule is Cc1ccc(OCCc2cnn(C)c2)c(S(N)(=O)=O)c1. The fraction of sp³-hybridized carbons (Fsp3) is 0.308. The molecule has 7 heteroatoms. The zero-order valence-electron chi connectivity index (χ0n) is 11.4. The van der Waals surface area contributed by atoms with Crippen molar-refractivity contribution in [2.45, 2.75) is 18.2 Å². The van der Waals surface area contributed by atoms with Crippen molar-refractivity contribution in [2.75, 3.05) is 6.61 Å². The third-order valence-electron chi connectivity index (χ3n) is 2.81. The van der Waals surface area contributed by atoms with Crippen molar-refractivity contribution in [3.05, 3.63) is 41.7 Å². The highest BCUT2D eigenvalue weighted by Crippen LogP contribution is 2.24. The molecule has 1 aromatic carbocycles. The average molecular weight is 295 g/mol. The van der Waals surface area contributed by atoms with E-state index in [9.17, 15) is 8.42 Å². The van der Waals surface area contributed by atoms with Gasteiger partial charge in [0.1, 0.15) is 10.6 Å². The van der Waals surface area contributed by atoms with Crippen LogP contribution in [0.4, 0.5) is 0 Å². The molecular formula is C13H17N3O3S. The van der Waals surface area contributed by atoms with E-state index in [4.69, 9.17) is 9.88 Å². The van der Waals surface area contributed by atoms with E-state index >= 15 is 0 Å². The minimum absolute atomic E-state index is 0.0173. The van der Waals surface area contributed by atoms with E-state index in [1.807, 2.05) is 13.2 Å². The van der Waals surface area contributed by atoms with Crippen molar-refractivity contribution in [1.82, 2.24) is 9.78 Å². The molecule has 1 heterocycles. The van der Waals surface area contributed by atoms with Crippen molar-refractivity contribution in [3.8, 4) is 5.75 Å². The Labute approximate surface area is 118 Å². The number of hydrogen-bond donors (Lipinski definition) is 1. The largest absolute Gasteiger partial charge is 0.492 e. The zero-order chi connectivity index (χ0) is 14.8. The molecule has 2 rings (SSSR count). The molecule has 0 saturated carbocycles. The summed E-state index contributed by atoms with van der Waals surface area (Å²) < 4.78 is 30.3. The summed E-state index contributed by atoms with van der Waals surface area (Å²) in [6.45, 7) is 2.16. The summed E-state index contributed by atoms with van der Waals surface area (Å²) in [6.07, 6.45) is 4.28. The molecule has 0 aliphatic heterocycles. The van der Waals surface area contributed by atoms with Gasteiger partial charge in [0.05, 0.1) is 12.8 Å². The number of nitrogens with zero attached hydrogens (tertiary/aromatic N) is 2. The number of rotatable bonds is 5. The van der Waals surface area contributed by atoms with Gasteiger partial charge in [0.15, 0.2) is 0 Å². The summed E-state index contributed by atoms with van der Waals surface area (Å²) in [7, 11) is -1.95. The van der Waals surface area contributed by atoms with Gasteiger partial charge in [-0.05, 0) is 30.2 Å². The van der Waals surface area contributed by atoms with Crippen LogP contribution in [-0.4, -0.2) is 24.8 Å². The second-order valence-electron chi connectivity index (χ2n) is 4.62. The van der Waals surface area contributed by atoms with E-state index in [0.717, 1.165) is 11.1 Å². The highest BCUT2D eigenvalue weighted by atomic mass is 32.2. The molecule has 0 amide bonds. The Morgan fingerprint density at radius 3 is 2.75 bits per heavy atom. The Morgan fingerprint density at radius 1 is 1.40 bits per heavy atom. The van der Waals surface area contributed by atoms with Gasteiger partial charge in [-0.15, -0.1) is 0 Å². The fourth-order valence-electron chi connectivity index (χ4n) is 1.84. The van der Waals surface area contributed by atoms with Crippen LogP contribution in [0.2, 0.25) is 0 Å². The van der Waals surface area contributed by atoms with Crippen molar-refractivity contribution in [1.29, 1.82) is 0 Å². The Morgan fingerprint density at radius 2 is 2.15 bits per heavy atom. The molecule has 0 bridgehead atoms. The molecule has 0 unspecified atom stereocenters. The smallest absolute Gasteiger partial charge is 0.241 e. The highest BCUT2D eigenvalue weighted by Gasteiger charge is 2.15. The molecule has 6 nitrogen and oxygen atoms in total. The number of aryl methyl sites for hydroxylation is 2. The molecule has 20 heavy (non-hydrogen) atoms. The lowest BCUT2D eigenvalue weighted by molar-refractivity contribution is 0.313. The minimum atomic E-state index is -3.79. The third kappa shape index (κ3) is 3.58. The molecular weight excluding hydrogens is 278 g/mol. The Bertz CT molecular complexity index is 707. The maximum Gasteiger partial charge on any atom is 0.241 e. The molecule has 0 aliphatic rings. The van der Waals surface area contributed by atoms with Gasteiger partial charge in [0.25, 0.3) is 0 Å². The molecule has 1 aromatic heterocycles. The van der Waals surface area contributed by atoms with E-state index in [2.05, 4.69) is 5.10 Å². The van der Waals surface area contributed by atoms with Crippen molar-refractivity contribution >= 4 is 10.0 Å². The van der Waals surface area contributed by atoms with Gasteiger partial charge in [-0.25, -0.2) is 13.6 Å². The summed E-state index contributed by atoms with van der Waals surface area (Å²) in [6, 6.07) is 4.92. The van der Waals surface area contributed by atoms with Gasteiger partial charge < -0.3 is 4.74 Å². The molecule has 0 aliphatic carbocycles. The second kappa shape index (κ2) is 5.64. The van der Waals surface area contributed by atoms with Gasteiger partial charge in [0, 0.05) is 19.7 Å². The van der Waals surface area contributed by atoms with Gasteiger partial charge in [-0.3, -0.25) is 4.68 Å². The maximum absolute atomic E-state index is 11.5. The van der Waals surface area contributed by atoms with Crippen LogP contribution < -0.4 is 9.88 Å². The molecule has 2 aromatic rings. The van der Waals surface area contributed by atoms with Gasteiger partial charge in [-0.1, -0.05) is 6.07 Å². The Balaban J connectivity index is 2.10. The predicted octanol–water partition coefficient (Wildman–Crippen LogP) is 0.997. The first kappa shape index (κ1) is 14.5. The number of sulfonamides is 1. The van der Waals surface area contributed by atoms with E-state index in [1.165, 1.54) is 6.07 Å². The van der Waals surface area contributed by atoms with Crippen LogP contribution in [0.1, 0.15) is 11.1 Å². The highest BCUT2D eigenvalue weighted by molar-refractivity contribution is 7.89. The zero-order valence-corrected chi connectivity index (χ0v) is 12.2. The van der Waals surface area contributed by atoms with E-state index in [0.29, 0.717) is 13.0 Å². The number of nitrogens with two attached hydrogens (primary N) is 1. The Kier molecular flexibility index (Phi) is 4.10. The normalized spacial score (nSPS) is 11.6. The predicted molar refractivity (Wildman–Crippen MR) is 75.0 cm³/mol. The maximum atomic E-state index is 11.5. The summed E-state index contributed by atoms with van der Waals surface area (Å²) >= 11 is 0. The van der Waals surface area contributed by atoms with Crippen LogP contribution >= 0.6 is 0 Å². The van der Waals surface area contributed by atoms with Gasteiger partial charge >= 0.3 is 0 Å². The van der Waals surface area contributed by atoms with Crippen LogP contribution in [0.25, 0.3) is 0 Å². The topological polar surface area (TPSA) is 87.2 Å². The van der Waals surface area contributed by atoms with E-state index in [1.54, 1.807) is 29.9 Å². The number of primary sulfonamides is 1. The Hall–Kier alpha value is -1.86. The first-order valence-electron chi connectivity index (χ1n) is 6.10. The summed E-state index contributed by atoms with van der Waals surface area (Å²) in [5, 5.41) is 9.25. The lowest BCUT2D eigenvalue weighted by atomic mass is 10.2. The summed E-state index contributed by atoms with van der Waals surface area (Å²) in [5.41, 5.74) is 1.84. The quantitative estimate of drug-likeness (QED) is 0.891. The van der Waals surface area contributed by atoms with Gasteiger partial charge in [0.2, 0.25) is 10.0 Å². The standard InChI is InChI=1S/C13H17N3O3S/c1-10-3-4-12(13(7-10)20(14,17)18)19-6-5-11-8-15-16(2)9-11/h3-4,7-9H,5-6H2,1-2H3,(H2,14,17,18). The summed E-state index contributed by atoms with van der Waals surface area (Å²) in [5.74, 6) is 0.280.